The molecule has 0 radical (unpaired) electrons. The summed E-state index contributed by atoms with van der Waals surface area (Å²) in [5.74, 6) is 0. The molecule has 0 bridgehead atoms. The molecule has 1 aromatic heterocycles. The molecule has 0 amide bonds. The number of nitrogens with one attached hydrogen (secondary N) is 1. The number of hydrogen-bond donors (Lipinski definition) is 2. The standard InChI is InChI=1S/C13H17ClN4O2S/c1-8-11(9(2)18(3)17-8)7-16-21(19,20)13-6-10(15)4-5-12(13)14/h4-6,16H,7,15H2,1-3H3. The topological polar surface area (TPSA) is 90.0 Å². The van der Waals surface area contributed by atoms with Gasteiger partial charge in [-0.15, -0.1) is 0 Å². The summed E-state index contributed by atoms with van der Waals surface area (Å²) in [4.78, 5) is -0.0247. The van der Waals surface area contributed by atoms with Crippen molar-refractivity contribution in [2.24, 2.45) is 7.05 Å². The van der Waals surface area contributed by atoms with Crippen molar-refractivity contribution >= 4 is 27.3 Å². The number of aromatic nitrogens is 2. The van der Waals surface area contributed by atoms with Gasteiger partial charge in [-0.1, -0.05) is 11.6 Å². The third-order valence-corrected chi connectivity index (χ3v) is 5.23. The van der Waals surface area contributed by atoms with Gasteiger partial charge in [-0.25, -0.2) is 13.1 Å². The maximum absolute atomic E-state index is 12.3. The van der Waals surface area contributed by atoms with E-state index in [-0.39, 0.29) is 16.5 Å². The van der Waals surface area contributed by atoms with Crippen LogP contribution in [0.4, 0.5) is 5.69 Å². The van der Waals surface area contributed by atoms with Gasteiger partial charge < -0.3 is 5.73 Å². The molecule has 0 aliphatic rings. The second-order valence-electron chi connectivity index (χ2n) is 4.79. The number of rotatable bonds is 4. The van der Waals surface area contributed by atoms with E-state index >= 15 is 0 Å². The van der Waals surface area contributed by atoms with E-state index < -0.39 is 10.0 Å². The number of nitrogens with two attached hydrogens (primary N) is 1. The Morgan fingerprint density at radius 3 is 2.62 bits per heavy atom. The molecule has 2 aromatic rings. The number of aryl methyl sites for hydroxylation is 2. The van der Waals surface area contributed by atoms with Crippen LogP contribution in [0.3, 0.4) is 0 Å². The lowest BCUT2D eigenvalue weighted by molar-refractivity contribution is 0.581. The van der Waals surface area contributed by atoms with Gasteiger partial charge in [0, 0.05) is 30.5 Å². The van der Waals surface area contributed by atoms with Crippen LogP contribution < -0.4 is 10.5 Å². The van der Waals surface area contributed by atoms with E-state index in [0.29, 0.717) is 5.69 Å². The summed E-state index contributed by atoms with van der Waals surface area (Å²) >= 11 is 5.94. The molecule has 1 heterocycles. The number of sulfonamides is 1. The Bertz CT molecular complexity index is 784. The molecule has 0 saturated heterocycles. The summed E-state index contributed by atoms with van der Waals surface area (Å²) in [6.07, 6.45) is 0. The van der Waals surface area contributed by atoms with E-state index in [1.807, 2.05) is 20.9 Å². The Morgan fingerprint density at radius 1 is 1.38 bits per heavy atom. The van der Waals surface area contributed by atoms with Gasteiger partial charge in [-0.3, -0.25) is 4.68 Å². The zero-order valence-corrected chi connectivity index (χ0v) is 13.6. The molecule has 0 unspecified atom stereocenters. The smallest absolute Gasteiger partial charge is 0.242 e. The molecule has 0 spiro atoms. The van der Waals surface area contributed by atoms with Crippen molar-refractivity contribution in [3.63, 3.8) is 0 Å². The highest BCUT2D eigenvalue weighted by Crippen LogP contribution is 2.24. The van der Waals surface area contributed by atoms with Crippen molar-refractivity contribution in [1.82, 2.24) is 14.5 Å². The first-order valence-electron chi connectivity index (χ1n) is 6.26. The molecule has 2 rings (SSSR count). The number of nitrogens with zero attached hydrogens (tertiary/aromatic N) is 2. The third-order valence-electron chi connectivity index (χ3n) is 3.34. The predicted octanol–water partition coefficient (Wildman–Crippen LogP) is 1.75. The molecule has 0 fully saturated rings. The van der Waals surface area contributed by atoms with E-state index in [1.165, 1.54) is 12.1 Å². The summed E-state index contributed by atoms with van der Waals surface area (Å²) in [6, 6.07) is 4.36. The largest absolute Gasteiger partial charge is 0.399 e. The molecule has 8 heteroatoms. The summed E-state index contributed by atoms with van der Waals surface area (Å²) in [6.45, 7) is 3.88. The first kappa shape index (κ1) is 15.8. The lowest BCUT2D eigenvalue weighted by atomic mass is 10.2. The van der Waals surface area contributed by atoms with Crippen molar-refractivity contribution < 1.29 is 8.42 Å². The van der Waals surface area contributed by atoms with Gasteiger partial charge >= 0.3 is 0 Å². The first-order valence-corrected chi connectivity index (χ1v) is 8.12. The van der Waals surface area contributed by atoms with Gasteiger partial charge in [0.2, 0.25) is 10.0 Å². The molecule has 6 nitrogen and oxygen atoms in total. The number of halogens is 1. The van der Waals surface area contributed by atoms with Crippen LogP contribution in [0.2, 0.25) is 5.02 Å². The monoisotopic (exact) mass is 328 g/mol. The summed E-state index contributed by atoms with van der Waals surface area (Å²) in [7, 11) is -1.92. The molecule has 0 atom stereocenters. The molecule has 0 saturated carbocycles. The fourth-order valence-corrected chi connectivity index (χ4v) is 3.57. The third kappa shape index (κ3) is 3.20. The van der Waals surface area contributed by atoms with Gasteiger partial charge in [0.15, 0.2) is 0 Å². The Morgan fingerprint density at radius 2 is 2.05 bits per heavy atom. The van der Waals surface area contributed by atoms with Crippen LogP contribution in [0, 0.1) is 13.8 Å². The molecular weight excluding hydrogens is 312 g/mol. The van der Waals surface area contributed by atoms with Crippen LogP contribution in [-0.4, -0.2) is 18.2 Å². The van der Waals surface area contributed by atoms with Crippen LogP contribution in [0.25, 0.3) is 0 Å². The van der Waals surface area contributed by atoms with E-state index in [2.05, 4.69) is 9.82 Å². The van der Waals surface area contributed by atoms with Crippen molar-refractivity contribution in [2.45, 2.75) is 25.3 Å². The zero-order valence-electron chi connectivity index (χ0n) is 12.0. The number of anilines is 1. The predicted molar refractivity (Wildman–Crippen MR) is 82.6 cm³/mol. The number of benzene rings is 1. The van der Waals surface area contributed by atoms with Crippen molar-refractivity contribution in [3.05, 3.63) is 40.2 Å². The van der Waals surface area contributed by atoms with Gasteiger partial charge in [-0.05, 0) is 32.0 Å². The molecule has 21 heavy (non-hydrogen) atoms. The van der Waals surface area contributed by atoms with Crippen LogP contribution in [0.15, 0.2) is 23.1 Å². The highest BCUT2D eigenvalue weighted by Gasteiger charge is 2.19. The zero-order chi connectivity index (χ0) is 15.8. The number of hydrogen-bond acceptors (Lipinski definition) is 4. The molecule has 0 aliphatic heterocycles. The fraction of sp³-hybridized carbons (Fsp3) is 0.308. The van der Waals surface area contributed by atoms with Crippen LogP contribution in [0.1, 0.15) is 17.0 Å². The summed E-state index contributed by atoms with van der Waals surface area (Å²) < 4.78 is 28.9. The Balaban J connectivity index is 2.28. The van der Waals surface area contributed by atoms with Crippen molar-refractivity contribution in [3.8, 4) is 0 Å². The highest BCUT2D eigenvalue weighted by molar-refractivity contribution is 7.89. The molecular formula is C13H17ClN4O2S. The van der Waals surface area contributed by atoms with E-state index in [4.69, 9.17) is 17.3 Å². The average Bonchev–Trinajstić information content (AvgIpc) is 2.64. The highest BCUT2D eigenvalue weighted by atomic mass is 35.5. The second kappa shape index (κ2) is 5.67. The maximum Gasteiger partial charge on any atom is 0.242 e. The SMILES string of the molecule is Cc1nn(C)c(C)c1CNS(=O)(=O)c1cc(N)ccc1Cl. The first-order chi connectivity index (χ1) is 9.72. The minimum atomic E-state index is -3.73. The maximum atomic E-state index is 12.3. The Labute approximate surface area is 129 Å². The van der Waals surface area contributed by atoms with Gasteiger partial charge in [0.1, 0.15) is 4.90 Å². The average molecular weight is 329 g/mol. The van der Waals surface area contributed by atoms with Crippen molar-refractivity contribution in [2.75, 3.05) is 5.73 Å². The van der Waals surface area contributed by atoms with E-state index in [0.717, 1.165) is 17.0 Å². The Kier molecular flexibility index (Phi) is 4.27. The Hall–Kier alpha value is -1.57. The molecule has 114 valence electrons. The van der Waals surface area contributed by atoms with Crippen molar-refractivity contribution in [1.29, 1.82) is 0 Å². The van der Waals surface area contributed by atoms with Crippen LogP contribution in [0.5, 0.6) is 0 Å². The molecule has 0 aliphatic carbocycles. The van der Waals surface area contributed by atoms with E-state index in [1.54, 1.807) is 10.7 Å². The fourth-order valence-electron chi connectivity index (χ4n) is 2.04. The number of nitrogen functional groups attached to an aromatic ring is 1. The lowest BCUT2D eigenvalue weighted by Gasteiger charge is -2.09. The van der Waals surface area contributed by atoms with Crippen LogP contribution in [-0.2, 0) is 23.6 Å². The summed E-state index contributed by atoms with van der Waals surface area (Å²) in [5, 5.41) is 4.39. The minimum Gasteiger partial charge on any atom is -0.399 e. The second-order valence-corrected chi connectivity index (χ2v) is 6.93. The molecule has 1 aromatic carbocycles. The molecule has 3 N–H and O–H groups in total. The van der Waals surface area contributed by atoms with E-state index in [9.17, 15) is 8.42 Å². The van der Waals surface area contributed by atoms with Gasteiger partial charge in [-0.2, -0.15) is 5.10 Å². The van der Waals surface area contributed by atoms with Crippen LogP contribution >= 0.6 is 11.6 Å². The normalized spacial score (nSPS) is 11.8. The summed E-state index contributed by atoms with van der Waals surface area (Å²) in [5.41, 5.74) is 8.51. The minimum absolute atomic E-state index is 0.0247. The van der Waals surface area contributed by atoms with Gasteiger partial charge in [0.25, 0.3) is 0 Å². The lowest BCUT2D eigenvalue weighted by Crippen LogP contribution is -2.24. The van der Waals surface area contributed by atoms with Gasteiger partial charge in [0.05, 0.1) is 10.7 Å². The quantitative estimate of drug-likeness (QED) is 0.837.